The van der Waals surface area contributed by atoms with Gasteiger partial charge in [0.1, 0.15) is 0 Å². The number of hydrogen-bond acceptors (Lipinski definition) is 6. The molecule has 0 spiro atoms. The first kappa shape index (κ1) is 14.9. The molecule has 1 fully saturated rings. The van der Waals surface area contributed by atoms with Gasteiger partial charge in [0.05, 0.1) is 30.8 Å². The maximum Gasteiger partial charge on any atom is 0.241 e. The predicted molar refractivity (Wildman–Crippen MR) is 72.8 cm³/mol. The van der Waals surface area contributed by atoms with E-state index in [9.17, 15) is 8.42 Å². The highest BCUT2D eigenvalue weighted by molar-refractivity contribution is 7.89. The summed E-state index contributed by atoms with van der Waals surface area (Å²) in [5.74, 6) is 0. The topological polar surface area (TPSA) is 76.7 Å². The molecule has 2 rings (SSSR count). The molecule has 0 amide bonds. The zero-order valence-corrected chi connectivity index (χ0v) is 12.4. The minimum atomic E-state index is -3.48. The summed E-state index contributed by atoms with van der Waals surface area (Å²) in [6, 6.07) is 1.62. The first-order valence-electron chi connectivity index (χ1n) is 6.03. The van der Waals surface area contributed by atoms with Crippen LogP contribution < -0.4 is 10.0 Å². The molecular formula is C11H18N2O4S2. The molecule has 8 heteroatoms. The Hall–Kier alpha value is -0.510. The number of nitrogens with one attached hydrogen (secondary N) is 2. The lowest BCUT2D eigenvalue weighted by Crippen LogP contribution is -2.39. The third-order valence-corrected chi connectivity index (χ3v) is 5.28. The normalized spacial score (nSPS) is 20.6. The van der Waals surface area contributed by atoms with Crippen LogP contribution in [0.25, 0.3) is 0 Å². The molecule has 0 saturated carbocycles. The molecular weight excluding hydrogens is 288 g/mol. The molecule has 1 saturated heterocycles. The average Bonchev–Trinajstić information content (AvgIpc) is 2.87. The summed E-state index contributed by atoms with van der Waals surface area (Å²) >= 11 is 1.42. The predicted octanol–water partition coefficient (Wildman–Crippen LogP) is 0.161. The van der Waals surface area contributed by atoms with Crippen molar-refractivity contribution in [2.45, 2.75) is 17.5 Å². The van der Waals surface area contributed by atoms with Gasteiger partial charge in [-0.05, 0) is 18.5 Å². The Balaban J connectivity index is 1.98. The zero-order valence-electron chi connectivity index (χ0n) is 10.7. The monoisotopic (exact) mass is 306 g/mol. The number of hydrogen-bond donors (Lipinski definition) is 2. The fourth-order valence-electron chi connectivity index (χ4n) is 1.79. The van der Waals surface area contributed by atoms with Crippen molar-refractivity contribution >= 4 is 21.4 Å². The molecule has 6 nitrogen and oxygen atoms in total. The van der Waals surface area contributed by atoms with Crippen LogP contribution in [0.3, 0.4) is 0 Å². The van der Waals surface area contributed by atoms with Crippen molar-refractivity contribution in [2.24, 2.45) is 0 Å². The third kappa shape index (κ3) is 3.98. The minimum absolute atomic E-state index is 0.213. The standard InChI is InChI=1S/C11H18N2O4S2/c1-12-7-10-11(2-5-18-10)19(14,15)13-6-9-8-16-3-4-17-9/h2,5,9,12-13H,3-4,6-8H2,1H3. The Kier molecular flexibility index (Phi) is 5.31. The summed E-state index contributed by atoms with van der Waals surface area (Å²) < 4.78 is 37.6. The molecule has 2 heterocycles. The van der Waals surface area contributed by atoms with E-state index in [2.05, 4.69) is 10.0 Å². The smallest absolute Gasteiger partial charge is 0.241 e. The van der Waals surface area contributed by atoms with E-state index < -0.39 is 10.0 Å². The van der Waals surface area contributed by atoms with Crippen LogP contribution in [-0.2, 0) is 26.0 Å². The second-order valence-electron chi connectivity index (χ2n) is 4.16. The van der Waals surface area contributed by atoms with Crippen molar-refractivity contribution < 1.29 is 17.9 Å². The molecule has 1 aromatic rings. The van der Waals surface area contributed by atoms with Crippen LogP contribution in [0.1, 0.15) is 4.88 Å². The van der Waals surface area contributed by atoms with Gasteiger partial charge >= 0.3 is 0 Å². The number of sulfonamides is 1. The number of ether oxygens (including phenoxy) is 2. The number of thiophene rings is 1. The first-order valence-corrected chi connectivity index (χ1v) is 8.40. The van der Waals surface area contributed by atoms with Crippen LogP contribution in [0.5, 0.6) is 0 Å². The van der Waals surface area contributed by atoms with Gasteiger partial charge in [-0.25, -0.2) is 13.1 Å². The van der Waals surface area contributed by atoms with Crippen LogP contribution in [-0.4, -0.2) is 47.9 Å². The lowest BCUT2D eigenvalue weighted by Gasteiger charge is -2.23. The van der Waals surface area contributed by atoms with E-state index in [4.69, 9.17) is 9.47 Å². The van der Waals surface area contributed by atoms with Gasteiger partial charge in [0.25, 0.3) is 0 Å². The van der Waals surface area contributed by atoms with E-state index in [0.29, 0.717) is 31.3 Å². The van der Waals surface area contributed by atoms with Gasteiger partial charge in [-0.3, -0.25) is 0 Å². The average molecular weight is 306 g/mol. The molecule has 1 atom stereocenters. The van der Waals surface area contributed by atoms with E-state index in [1.807, 2.05) is 0 Å². The lowest BCUT2D eigenvalue weighted by atomic mass is 10.3. The Labute approximate surface area is 117 Å². The van der Waals surface area contributed by atoms with Gasteiger partial charge in [-0.2, -0.15) is 0 Å². The van der Waals surface area contributed by atoms with Crippen molar-refractivity contribution in [2.75, 3.05) is 33.4 Å². The van der Waals surface area contributed by atoms with Crippen molar-refractivity contribution in [1.29, 1.82) is 0 Å². The molecule has 1 aliphatic rings. The Bertz CT molecular complexity index is 495. The van der Waals surface area contributed by atoms with Crippen molar-refractivity contribution in [3.8, 4) is 0 Å². The van der Waals surface area contributed by atoms with Crippen molar-refractivity contribution in [1.82, 2.24) is 10.0 Å². The Morgan fingerprint density at radius 1 is 1.47 bits per heavy atom. The molecule has 2 N–H and O–H groups in total. The highest BCUT2D eigenvalue weighted by Gasteiger charge is 2.22. The van der Waals surface area contributed by atoms with E-state index in [0.717, 1.165) is 4.88 Å². The molecule has 0 aromatic carbocycles. The molecule has 19 heavy (non-hydrogen) atoms. The van der Waals surface area contributed by atoms with Crippen LogP contribution in [0.4, 0.5) is 0 Å². The summed E-state index contributed by atoms with van der Waals surface area (Å²) in [5.41, 5.74) is 0. The summed E-state index contributed by atoms with van der Waals surface area (Å²) in [6.45, 7) is 2.28. The van der Waals surface area contributed by atoms with Crippen LogP contribution in [0.2, 0.25) is 0 Å². The molecule has 108 valence electrons. The second-order valence-corrected chi connectivity index (χ2v) is 6.89. The van der Waals surface area contributed by atoms with E-state index >= 15 is 0 Å². The molecule has 1 unspecified atom stereocenters. The van der Waals surface area contributed by atoms with Gasteiger partial charge < -0.3 is 14.8 Å². The lowest BCUT2D eigenvalue weighted by molar-refractivity contribution is -0.0846. The summed E-state index contributed by atoms with van der Waals surface area (Å²) in [4.78, 5) is 1.14. The van der Waals surface area contributed by atoms with Crippen LogP contribution in [0, 0.1) is 0 Å². The maximum atomic E-state index is 12.2. The van der Waals surface area contributed by atoms with Crippen LogP contribution in [0.15, 0.2) is 16.3 Å². The largest absolute Gasteiger partial charge is 0.376 e. The molecule has 0 radical (unpaired) electrons. The van der Waals surface area contributed by atoms with E-state index in [-0.39, 0.29) is 12.6 Å². The minimum Gasteiger partial charge on any atom is -0.376 e. The summed E-state index contributed by atoms with van der Waals surface area (Å²) in [6.07, 6.45) is -0.213. The fourth-order valence-corrected chi connectivity index (χ4v) is 4.31. The highest BCUT2D eigenvalue weighted by atomic mass is 32.2. The van der Waals surface area contributed by atoms with Gasteiger partial charge in [0, 0.05) is 18.0 Å². The van der Waals surface area contributed by atoms with E-state index in [1.165, 1.54) is 11.3 Å². The number of rotatable bonds is 6. The second kappa shape index (κ2) is 6.78. The van der Waals surface area contributed by atoms with Gasteiger partial charge in [0.2, 0.25) is 10.0 Å². The highest BCUT2D eigenvalue weighted by Crippen LogP contribution is 2.21. The maximum absolute atomic E-state index is 12.2. The van der Waals surface area contributed by atoms with Crippen molar-refractivity contribution in [3.05, 3.63) is 16.3 Å². The molecule has 1 aromatic heterocycles. The summed E-state index contributed by atoms with van der Waals surface area (Å²) in [5, 5.41) is 4.74. The van der Waals surface area contributed by atoms with Crippen LogP contribution >= 0.6 is 11.3 Å². The first-order chi connectivity index (χ1) is 9.13. The van der Waals surface area contributed by atoms with Gasteiger partial charge in [-0.1, -0.05) is 0 Å². The third-order valence-electron chi connectivity index (χ3n) is 2.72. The fraction of sp³-hybridized carbons (Fsp3) is 0.636. The summed E-state index contributed by atoms with van der Waals surface area (Å²) in [7, 11) is -1.70. The zero-order chi connectivity index (χ0) is 13.7. The molecule has 0 bridgehead atoms. The Morgan fingerprint density at radius 2 is 2.32 bits per heavy atom. The molecule has 0 aliphatic carbocycles. The van der Waals surface area contributed by atoms with Crippen molar-refractivity contribution in [3.63, 3.8) is 0 Å². The van der Waals surface area contributed by atoms with E-state index in [1.54, 1.807) is 18.5 Å². The quantitative estimate of drug-likeness (QED) is 0.783. The van der Waals surface area contributed by atoms with Gasteiger partial charge in [0.15, 0.2) is 0 Å². The molecule has 1 aliphatic heterocycles. The van der Waals surface area contributed by atoms with Gasteiger partial charge in [-0.15, -0.1) is 11.3 Å². The Morgan fingerprint density at radius 3 is 3.00 bits per heavy atom. The SMILES string of the molecule is CNCc1sccc1S(=O)(=O)NCC1COCCO1.